The summed E-state index contributed by atoms with van der Waals surface area (Å²) in [6.45, 7) is 3.08. The number of piperazine rings is 1. The largest absolute Gasteiger partial charge is 0.421 e. The number of alkyl halides is 3. The van der Waals surface area contributed by atoms with Crippen LogP contribution in [0.2, 0.25) is 0 Å². The highest BCUT2D eigenvalue weighted by molar-refractivity contribution is 7.84. The molecule has 0 aliphatic carbocycles. The number of anilines is 1. The Bertz CT molecular complexity index is 756. The zero-order valence-electron chi connectivity index (χ0n) is 13.9. The molecule has 1 saturated heterocycles. The minimum atomic E-state index is -4.74. The zero-order chi connectivity index (χ0) is 18.9. The fraction of sp³-hybridized carbons (Fsp3) is 0.438. The van der Waals surface area contributed by atoms with Crippen molar-refractivity contribution >= 4 is 28.0 Å². The molecule has 0 radical (unpaired) electrons. The van der Waals surface area contributed by atoms with Gasteiger partial charge in [0.2, 0.25) is 0 Å². The fourth-order valence-electron chi connectivity index (χ4n) is 2.68. The maximum atomic E-state index is 12.9. The van der Waals surface area contributed by atoms with Gasteiger partial charge < -0.3 is 10.0 Å². The molecule has 0 saturated carbocycles. The Labute approximate surface area is 155 Å². The molecule has 1 aliphatic heterocycles. The SMILES string of the molecule is CC(O)(c1ccc(N2CCN(S(=O)c3nccs3)CC2)cc1)C(F)(F)F. The molecule has 1 N–H and O–H groups in total. The summed E-state index contributed by atoms with van der Waals surface area (Å²) >= 11 is 1.35. The Morgan fingerprint density at radius 2 is 1.77 bits per heavy atom. The van der Waals surface area contributed by atoms with Crippen molar-refractivity contribution in [2.24, 2.45) is 0 Å². The zero-order valence-corrected chi connectivity index (χ0v) is 15.6. The van der Waals surface area contributed by atoms with Gasteiger partial charge in [-0.1, -0.05) is 12.1 Å². The van der Waals surface area contributed by atoms with E-state index in [0.29, 0.717) is 30.5 Å². The third kappa shape index (κ3) is 3.78. The van der Waals surface area contributed by atoms with E-state index in [1.165, 1.54) is 23.5 Å². The molecule has 1 aromatic heterocycles. The van der Waals surface area contributed by atoms with Crippen molar-refractivity contribution in [1.29, 1.82) is 0 Å². The lowest BCUT2D eigenvalue weighted by molar-refractivity contribution is -0.258. The van der Waals surface area contributed by atoms with Gasteiger partial charge in [-0.15, -0.1) is 11.3 Å². The van der Waals surface area contributed by atoms with Crippen LogP contribution in [-0.4, -0.2) is 51.0 Å². The number of benzene rings is 1. The van der Waals surface area contributed by atoms with Gasteiger partial charge in [0.15, 0.2) is 20.9 Å². The lowest BCUT2D eigenvalue weighted by Gasteiger charge is -2.35. The Morgan fingerprint density at radius 1 is 1.15 bits per heavy atom. The van der Waals surface area contributed by atoms with Gasteiger partial charge in [0.1, 0.15) is 0 Å². The third-order valence-electron chi connectivity index (χ3n) is 4.38. The number of aliphatic hydroxyl groups is 1. The number of hydrogen-bond acceptors (Lipinski definition) is 5. The van der Waals surface area contributed by atoms with E-state index < -0.39 is 22.8 Å². The maximum absolute atomic E-state index is 12.9. The second-order valence-corrected chi connectivity index (χ2v) is 8.63. The van der Waals surface area contributed by atoms with Crippen LogP contribution in [-0.2, 0) is 16.6 Å². The summed E-state index contributed by atoms with van der Waals surface area (Å²) in [5, 5.41) is 11.5. The van der Waals surface area contributed by atoms with Crippen LogP contribution in [0.3, 0.4) is 0 Å². The van der Waals surface area contributed by atoms with Crippen molar-refractivity contribution in [3.05, 3.63) is 41.4 Å². The van der Waals surface area contributed by atoms with Crippen LogP contribution in [0.5, 0.6) is 0 Å². The van der Waals surface area contributed by atoms with E-state index in [2.05, 4.69) is 4.98 Å². The molecule has 2 aromatic rings. The molecule has 0 spiro atoms. The van der Waals surface area contributed by atoms with E-state index in [0.717, 1.165) is 12.6 Å². The Hall–Kier alpha value is -1.49. The van der Waals surface area contributed by atoms with Gasteiger partial charge in [0.05, 0.1) is 0 Å². The first kappa shape index (κ1) is 19.3. The maximum Gasteiger partial charge on any atom is 0.421 e. The Kier molecular flexibility index (Phi) is 5.38. The average Bonchev–Trinajstić information content (AvgIpc) is 3.15. The highest BCUT2D eigenvalue weighted by atomic mass is 32.2. The van der Waals surface area contributed by atoms with Crippen molar-refractivity contribution < 1.29 is 22.5 Å². The minimum absolute atomic E-state index is 0.197. The van der Waals surface area contributed by atoms with Crippen LogP contribution in [0.4, 0.5) is 18.9 Å². The quantitative estimate of drug-likeness (QED) is 0.850. The van der Waals surface area contributed by atoms with Crippen LogP contribution in [0.1, 0.15) is 12.5 Å². The van der Waals surface area contributed by atoms with Gasteiger partial charge >= 0.3 is 6.18 Å². The number of nitrogens with zero attached hydrogens (tertiary/aromatic N) is 3. The number of thiazole rings is 1. The molecular formula is C16H18F3N3O2S2. The average molecular weight is 405 g/mol. The summed E-state index contributed by atoms with van der Waals surface area (Å²) in [4.78, 5) is 6.08. The summed E-state index contributed by atoms with van der Waals surface area (Å²) in [5.41, 5.74) is -2.31. The van der Waals surface area contributed by atoms with Gasteiger partial charge in [0.25, 0.3) is 0 Å². The molecule has 1 aliphatic rings. The second-order valence-electron chi connectivity index (χ2n) is 6.08. The summed E-state index contributed by atoms with van der Waals surface area (Å²) in [7, 11) is -1.28. The molecule has 26 heavy (non-hydrogen) atoms. The van der Waals surface area contributed by atoms with Crippen molar-refractivity contribution in [2.75, 3.05) is 31.1 Å². The van der Waals surface area contributed by atoms with Crippen molar-refractivity contribution in [3.8, 4) is 0 Å². The Morgan fingerprint density at radius 3 is 2.27 bits per heavy atom. The highest BCUT2D eigenvalue weighted by Crippen LogP contribution is 2.38. The molecule has 0 amide bonds. The van der Waals surface area contributed by atoms with Gasteiger partial charge in [-0.05, 0) is 24.6 Å². The molecule has 2 unspecified atom stereocenters. The lowest BCUT2D eigenvalue weighted by atomic mass is 9.95. The molecule has 10 heteroatoms. The summed E-state index contributed by atoms with van der Waals surface area (Å²) < 4.78 is 53.5. The number of halogens is 3. The van der Waals surface area contributed by atoms with E-state index in [1.807, 2.05) is 9.21 Å². The van der Waals surface area contributed by atoms with Crippen LogP contribution in [0.25, 0.3) is 0 Å². The smallest absolute Gasteiger partial charge is 0.376 e. The summed E-state index contributed by atoms with van der Waals surface area (Å²) in [6.07, 6.45) is -3.12. The highest BCUT2D eigenvalue weighted by Gasteiger charge is 2.51. The summed E-state index contributed by atoms with van der Waals surface area (Å²) in [6, 6.07) is 5.73. The normalized spacial score (nSPS) is 20.0. The molecule has 0 bridgehead atoms. The predicted molar refractivity (Wildman–Crippen MR) is 94.4 cm³/mol. The number of rotatable bonds is 4. The molecular weight excluding hydrogens is 387 g/mol. The van der Waals surface area contributed by atoms with Crippen LogP contribution < -0.4 is 4.90 Å². The molecule has 1 aromatic carbocycles. The van der Waals surface area contributed by atoms with Crippen molar-refractivity contribution in [1.82, 2.24) is 9.29 Å². The first-order valence-electron chi connectivity index (χ1n) is 7.91. The molecule has 1 fully saturated rings. The van der Waals surface area contributed by atoms with E-state index in [4.69, 9.17) is 0 Å². The molecule has 2 heterocycles. The van der Waals surface area contributed by atoms with Gasteiger partial charge in [0, 0.05) is 43.4 Å². The van der Waals surface area contributed by atoms with E-state index >= 15 is 0 Å². The minimum Gasteiger partial charge on any atom is -0.376 e. The summed E-state index contributed by atoms with van der Waals surface area (Å²) in [5.74, 6) is 0. The van der Waals surface area contributed by atoms with Crippen molar-refractivity contribution in [3.63, 3.8) is 0 Å². The lowest BCUT2D eigenvalue weighted by Crippen LogP contribution is -2.47. The van der Waals surface area contributed by atoms with Gasteiger partial charge in [-0.25, -0.2) is 13.5 Å². The van der Waals surface area contributed by atoms with Crippen LogP contribution >= 0.6 is 11.3 Å². The Balaban J connectivity index is 1.64. The number of aromatic nitrogens is 1. The van der Waals surface area contributed by atoms with E-state index in [1.54, 1.807) is 23.7 Å². The first-order valence-corrected chi connectivity index (χ1v) is 9.90. The van der Waals surface area contributed by atoms with Gasteiger partial charge in [-0.2, -0.15) is 13.2 Å². The first-order chi connectivity index (χ1) is 12.2. The molecule has 142 valence electrons. The van der Waals surface area contributed by atoms with E-state index in [9.17, 15) is 22.5 Å². The standard InChI is InChI=1S/C16H18F3N3O2S2/c1-15(23,16(17,18)19)12-2-4-13(5-3-12)21-7-9-22(10-8-21)26(24)14-20-6-11-25-14/h2-6,11,23H,7-10H2,1H3. The fourth-order valence-corrected chi connectivity index (χ4v) is 4.72. The molecule has 2 atom stereocenters. The second kappa shape index (κ2) is 7.26. The number of hydrogen-bond donors (Lipinski definition) is 1. The molecule has 5 nitrogen and oxygen atoms in total. The van der Waals surface area contributed by atoms with Crippen LogP contribution in [0.15, 0.2) is 40.2 Å². The molecule has 3 rings (SSSR count). The van der Waals surface area contributed by atoms with Crippen LogP contribution in [0, 0.1) is 0 Å². The predicted octanol–water partition coefficient (Wildman–Crippen LogP) is 2.76. The topological polar surface area (TPSA) is 56.7 Å². The van der Waals surface area contributed by atoms with E-state index in [-0.39, 0.29) is 5.56 Å². The monoisotopic (exact) mass is 405 g/mol. The van der Waals surface area contributed by atoms with Crippen molar-refractivity contribution in [2.45, 2.75) is 23.0 Å². The van der Waals surface area contributed by atoms with Gasteiger partial charge in [-0.3, -0.25) is 0 Å². The third-order valence-corrected chi connectivity index (χ3v) is 6.90.